The molecule has 0 saturated heterocycles. The minimum absolute atomic E-state index is 0.0377. The lowest BCUT2D eigenvalue weighted by Gasteiger charge is -2.03. The zero-order valence-corrected chi connectivity index (χ0v) is 9.37. The van der Waals surface area contributed by atoms with Crippen LogP contribution in [0.2, 0.25) is 0 Å². The van der Waals surface area contributed by atoms with E-state index in [9.17, 15) is 4.79 Å². The lowest BCUT2D eigenvalue weighted by molar-refractivity contribution is 0.0691. The van der Waals surface area contributed by atoms with E-state index >= 15 is 0 Å². The average molecular weight is 246 g/mol. The van der Waals surface area contributed by atoms with E-state index in [1.54, 1.807) is 4.57 Å². The van der Waals surface area contributed by atoms with Crippen molar-refractivity contribution < 1.29 is 19.4 Å². The highest BCUT2D eigenvalue weighted by molar-refractivity contribution is 5.84. The maximum absolute atomic E-state index is 10.7. The van der Waals surface area contributed by atoms with Gasteiger partial charge in [0.15, 0.2) is 17.2 Å². The quantitative estimate of drug-likeness (QED) is 0.885. The maximum Gasteiger partial charge on any atom is 0.356 e. The third-order valence-corrected chi connectivity index (χ3v) is 2.65. The molecule has 0 spiro atoms. The van der Waals surface area contributed by atoms with Crippen molar-refractivity contribution in [3.63, 3.8) is 0 Å². The average Bonchev–Trinajstić information content (AvgIpc) is 2.96. The van der Waals surface area contributed by atoms with Crippen LogP contribution in [-0.4, -0.2) is 27.4 Å². The van der Waals surface area contributed by atoms with Crippen molar-refractivity contribution in [2.75, 3.05) is 6.79 Å². The Morgan fingerprint density at radius 3 is 3.00 bits per heavy atom. The molecule has 0 fully saturated rings. The first-order valence-electron chi connectivity index (χ1n) is 5.36. The summed E-state index contributed by atoms with van der Waals surface area (Å²) in [6, 6.07) is 5.63. The van der Waals surface area contributed by atoms with Crippen LogP contribution in [0.15, 0.2) is 30.7 Å². The Morgan fingerprint density at radius 2 is 2.22 bits per heavy atom. The van der Waals surface area contributed by atoms with E-state index in [-0.39, 0.29) is 12.5 Å². The zero-order valence-electron chi connectivity index (χ0n) is 9.37. The molecule has 1 aromatic carbocycles. The summed E-state index contributed by atoms with van der Waals surface area (Å²) < 4.78 is 12.2. The number of carboxylic acid groups (broad SMARTS) is 1. The molecular weight excluding hydrogens is 236 g/mol. The molecule has 0 bridgehead atoms. The topological polar surface area (TPSA) is 73.6 Å². The first-order chi connectivity index (χ1) is 8.72. The molecule has 1 N–H and O–H groups in total. The van der Waals surface area contributed by atoms with Gasteiger partial charge in [-0.25, -0.2) is 9.78 Å². The number of aromatic carboxylic acids is 1. The Kier molecular flexibility index (Phi) is 2.40. The Morgan fingerprint density at radius 1 is 1.39 bits per heavy atom. The van der Waals surface area contributed by atoms with Crippen LogP contribution in [0.1, 0.15) is 16.1 Å². The van der Waals surface area contributed by atoms with E-state index in [1.165, 1.54) is 12.5 Å². The maximum atomic E-state index is 10.7. The normalized spacial score (nSPS) is 12.7. The smallest absolute Gasteiger partial charge is 0.356 e. The van der Waals surface area contributed by atoms with E-state index in [1.807, 2.05) is 18.2 Å². The first kappa shape index (κ1) is 10.6. The van der Waals surface area contributed by atoms with Gasteiger partial charge in [-0.1, -0.05) is 6.07 Å². The summed E-state index contributed by atoms with van der Waals surface area (Å²) in [4.78, 5) is 14.5. The fourth-order valence-electron chi connectivity index (χ4n) is 1.81. The Hall–Kier alpha value is -2.50. The monoisotopic (exact) mass is 246 g/mol. The van der Waals surface area contributed by atoms with Gasteiger partial charge >= 0.3 is 5.97 Å². The van der Waals surface area contributed by atoms with Gasteiger partial charge in [-0.3, -0.25) is 0 Å². The number of carboxylic acids is 1. The van der Waals surface area contributed by atoms with Crippen molar-refractivity contribution in [3.05, 3.63) is 42.0 Å². The molecule has 0 radical (unpaired) electrons. The fraction of sp³-hybridized carbons (Fsp3) is 0.167. The number of benzene rings is 1. The van der Waals surface area contributed by atoms with Crippen LogP contribution >= 0.6 is 0 Å². The van der Waals surface area contributed by atoms with Gasteiger partial charge in [0, 0.05) is 12.7 Å². The highest BCUT2D eigenvalue weighted by atomic mass is 16.7. The third kappa shape index (κ3) is 1.88. The van der Waals surface area contributed by atoms with Crippen LogP contribution in [0, 0.1) is 0 Å². The molecule has 0 aliphatic carbocycles. The summed E-state index contributed by atoms with van der Waals surface area (Å²) in [6.07, 6.45) is 2.99. The van der Waals surface area contributed by atoms with Crippen LogP contribution in [0.3, 0.4) is 0 Å². The molecule has 2 heterocycles. The van der Waals surface area contributed by atoms with Crippen molar-refractivity contribution in [3.8, 4) is 11.5 Å². The lowest BCUT2D eigenvalue weighted by atomic mass is 10.2. The summed E-state index contributed by atoms with van der Waals surface area (Å²) in [5.41, 5.74) is 1.03. The summed E-state index contributed by atoms with van der Waals surface area (Å²) in [7, 11) is 0. The summed E-state index contributed by atoms with van der Waals surface area (Å²) in [5, 5.41) is 8.78. The minimum Gasteiger partial charge on any atom is -0.476 e. The van der Waals surface area contributed by atoms with E-state index in [0.717, 1.165) is 11.3 Å². The largest absolute Gasteiger partial charge is 0.476 e. The van der Waals surface area contributed by atoms with Gasteiger partial charge in [0.25, 0.3) is 0 Å². The van der Waals surface area contributed by atoms with Crippen molar-refractivity contribution in [2.24, 2.45) is 0 Å². The first-order valence-corrected chi connectivity index (χ1v) is 5.36. The molecule has 3 rings (SSSR count). The summed E-state index contributed by atoms with van der Waals surface area (Å²) in [5.74, 6) is 0.418. The molecule has 0 amide bonds. The van der Waals surface area contributed by atoms with Gasteiger partial charge < -0.3 is 19.1 Å². The van der Waals surface area contributed by atoms with Gasteiger partial charge in [0.05, 0.1) is 6.33 Å². The number of hydrogen-bond acceptors (Lipinski definition) is 4. The summed E-state index contributed by atoms with van der Waals surface area (Å²) >= 11 is 0. The molecule has 1 aromatic heterocycles. The van der Waals surface area contributed by atoms with Gasteiger partial charge in [0.1, 0.15) is 0 Å². The lowest BCUT2D eigenvalue weighted by Crippen LogP contribution is -1.98. The number of aromatic nitrogens is 2. The molecule has 2 aromatic rings. The molecule has 18 heavy (non-hydrogen) atoms. The fourth-order valence-corrected chi connectivity index (χ4v) is 1.81. The molecule has 6 nitrogen and oxygen atoms in total. The van der Waals surface area contributed by atoms with Gasteiger partial charge in [-0.15, -0.1) is 0 Å². The van der Waals surface area contributed by atoms with Gasteiger partial charge in [0.2, 0.25) is 6.79 Å². The second-order valence-electron chi connectivity index (χ2n) is 3.92. The number of carbonyl (C=O) groups is 1. The van der Waals surface area contributed by atoms with Crippen LogP contribution in [0.5, 0.6) is 11.5 Å². The van der Waals surface area contributed by atoms with Crippen molar-refractivity contribution >= 4 is 5.97 Å². The highest BCUT2D eigenvalue weighted by Gasteiger charge is 2.13. The van der Waals surface area contributed by atoms with Crippen molar-refractivity contribution in [1.82, 2.24) is 9.55 Å². The number of imidazole rings is 1. The van der Waals surface area contributed by atoms with Gasteiger partial charge in [-0.2, -0.15) is 0 Å². The molecular formula is C12H10N2O4. The predicted molar refractivity (Wildman–Crippen MR) is 60.9 cm³/mol. The standard InChI is InChI=1S/C12H10N2O4/c15-12(16)9-5-14(6-13-9)4-8-1-2-10-11(3-8)18-7-17-10/h1-3,5-6H,4,7H2,(H,15,16). The molecule has 0 saturated carbocycles. The molecule has 0 unspecified atom stereocenters. The van der Waals surface area contributed by atoms with E-state index < -0.39 is 5.97 Å². The van der Waals surface area contributed by atoms with Gasteiger partial charge in [-0.05, 0) is 17.7 Å². The number of ether oxygens (including phenoxy) is 2. The van der Waals surface area contributed by atoms with E-state index in [2.05, 4.69) is 4.98 Å². The van der Waals surface area contributed by atoms with Crippen LogP contribution in [0.4, 0.5) is 0 Å². The molecule has 0 atom stereocenters. The minimum atomic E-state index is -1.03. The molecule has 92 valence electrons. The second-order valence-corrected chi connectivity index (χ2v) is 3.92. The number of nitrogens with zero attached hydrogens (tertiary/aromatic N) is 2. The highest BCUT2D eigenvalue weighted by Crippen LogP contribution is 2.32. The Labute approximate surface area is 102 Å². The number of rotatable bonds is 3. The molecule has 1 aliphatic heterocycles. The molecule has 6 heteroatoms. The van der Waals surface area contributed by atoms with Crippen LogP contribution in [-0.2, 0) is 6.54 Å². The SMILES string of the molecule is O=C(O)c1cn(Cc2ccc3c(c2)OCO3)cn1. The molecule has 1 aliphatic rings. The van der Waals surface area contributed by atoms with Crippen molar-refractivity contribution in [2.45, 2.75) is 6.54 Å². The van der Waals surface area contributed by atoms with E-state index in [4.69, 9.17) is 14.6 Å². The zero-order chi connectivity index (χ0) is 12.5. The van der Waals surface area contributed by atoms with Crippen LogP contribution in [0.25, 0.3) is 0 Å². The predicted octanol–water partition coefficient (Wildman–Crippen LogP) is 1.36. The third-order valence-electron chi connectivity index (χ3n) is 2.65. The summed E-state index contributed by atoms with van der Waals surface area (Å²) in [6.45, 7) is 0.782. The van der Waals surface area contributed by atoms with Crippen molar-refractivity contribution in [1.29, 1.82) is 0 Å². The number of hydrogen-bond donors (Lipinski definition) is 1. The Balaban J connectivity index is 1.81. The van der Waals surface area contributed by atoms with Crippen LogP contribution < -0.4 is 9.47 Å². The number of fused-ring (bicyclic) bond motifs is 1. The Bertz CT molecular complexity index is 606. The van der Waals surface area contributed by atoms with E-state index in [0.29, 0.717) is 12.3 Å². The second kappa shape index (κ2) is 4.06.